The highest BCUT2D eigenvalue weighted by Gasteiger charge is 2.14. The minimum Gasteiger partial charge on any atom is -0.497 e. The number of hydrogen-bond donors (Lipinski definition) is 0. The van der Waals surface area contributed by atoms with Gasteiger partial charge in [0.1, 0.15) is 11.4 Å². The van der Waals surface area contributed by atoms with E-state index in [2.05, 4.69) is 11.8 Å². The lowest BCUT2D eigenvalue weighted by atomic mass is 10.2. The number of carbonyl (C=O) groups is 1. The van der Waals surface area contributed by atoms with Gasteiger partial charge in [0.05, 0.1) is 7.11 Å². The average molecular weight is 232 g/mol. The summed E-state index contributed by atoms with van der Waals surface area (Å²) >= 11 is 0. The Kier molecular flexibility index (Phi) is 4.17. The summed E-state index contributed by atoms with van der Waals surface area (Å²) in [5.74, 6) is 5.36. The smallest absolute Gasteiger partial charge is 0.385 e. The molecule has 0 aliphatic carbocycles. The van der Waals surface area contributed by atoms with E-state index in [0.717, 1.165) is 5.56 Å². The molecule has 0 spiro atoms. The highest BCUT2D eigenvalue weighted by Crippen LogP contribution is 2.11. The summed E-state index contributed by atoms with van der Waals surface area (Å²) in [6.45, 7) is 5.41. The molecule has 0 unspecified atom stereocenters. The van der Waals surface area contributed by atoms with Crippen molar-refractivity contribution in [3.63, 3.8) is 0 Å². The van der Waals surface area contributed by atoms with Gasteiger partial charge in [-0.25, -0.2) is 4.79 Å². The molecule has 17 heavy (non-hydrogen) atoms. The van der Waals surface area contributed by atoms with Gasteiger partial charge in [0, 0.05) is 11.5 Å². The van der Waals surface area contributed by atoms with Crippen LogP contribution in [0.3, 0.4) is 0 Å². The van der Waals surface area contributed by atoms with Crippen molar-refractivity contribution < 1.29 is 14.3 Å². The van der Waals surface area contributed by atoms with Gasteiger partial charge in [0.15, 0.2) is 0 Å². The van der Waals surface area contributed by atoms with Gasteiger partial charge >= 0.3 is 5.97 Å². The zero-order valence-electron chi connectivity index (χ0n) is 10.5. The second-order valence-electron chi connectivity index (χ2n) is 4.48. The number of esters is 1. The molecule has 1 aromatic carbocycles. The van der Waals surface area contributed by atoms with Crippen molar-refractivity contribution in [3.8, 4) is 17.6 Å². The highest BCUT2D eigenvalue weighted by molar-refractivity contribution is 5.89. The van der Waals surface area contributed by atoms with Crippen LogP contribution in [-0.4, -0.2) is 18.7 Å². The van der Waals surface area contributed by atoms with Crippen LogP contribution in [0.25, 0.3) is 0 Å². The molecule has 1 aromatic rings. The minimum absolute atomic E-state index is 0.514. The van der Waals surface area contributed by atoms with Crippen molar-refractivity contribution in [2.24, 2.45) is 0 Å². The molecule has 0 N–H and O–H groups in total. The number of ether oxygens (including phenoxy) is 2. The molecule has 90 valence electrons. The average Bonchev–Trinajstić information content (AvgIpc) is 2.24. The third-order valence-electron chi connectivity index (χ3n) is 1.78. The third kappa shape index (κ3) is 5.07. The maximum absolute atomic E-state index is 11.4. The van der Waals surface area contributed by atoms with Crippen LogP contribution < -0.4 is 4.74 Å². The largest absolute Gasteiger partial charge is 0.497 e. The molecule has 0 aromatic heterocycles. The molecule has 0 amide bonds. The summed E-state index contributed by atoms with van der Waals surface area (Å²) in [7, 11) is 1.58. The van der Waals surface area contributed by atoms with E-state index in [-0.39, 0.29) is 0 Å². The monoisotopic (exact) mass is 232 g/mol. The summed E-state index contributed by atoms with van der Waals surface area (Å²) in [6.07, 6.45) is 0. The maximum Gasteiger partial charge on any atom is 0.385 e. The minimum atomic E-state index is -0.527. The van der Waals surface area contributed by atoms with E-state index in [1.165, 1.54) is 0 Å². The molecule has 0 bridgehead atoms. The highest BCUT2D eigenvalue weighted by atomic mass is 16.6. The van der Waals surface area contributed by atoms with Crippen LogP contribution in [-0.2, 0) is 9.53 Å². The van der Waals surface area contributed by atoms with E-state index < -0.39 is 11.6 Å². The van der Waals surface area contributed by atoms with Gasteiger partial charge < -0.3 is 9.47 Å². The quantitative estimate of drug-likeness (QED) is 0.551. The van der Waals surface area contributed by atoms with Gasteiger partial charge in [-0.15, -0.1) is 0 Å². The first-order valence-corrected chi connectivity index (χ1v) is 5.30. The number of rotatable bonds is 1. The lowest BCUT2D eigenvalue weighted by Crippen LogP contribution is -2.22. The second kappa shape index (κ2) is 5.40. The van der Waals surface area contributed by atoms with Crippen molar-refractivity contribution in [1.29, 1.82) is 0 Å². The van der Waals surface area contributed by atoms with E-state index in [4.69, 9.17) is 9.47 Å². The molecule has 0 heterocycles. The van der Waals surface area contributed by atoms with E-state index in [1.807, 2.05) is 12.1 Å². The van der Waals surface area contributed by atoms with E-state index >= 15 is 0 Å². The van der Waals surface area contributed by atoms with Gasteiger partial charge in [-0.2, -0.15) is 0 Å². The first-order chi connectivity index (χ1) is 7.90. The fourth-order valence-electron chi connectivity index (χ4n) is 1.13. The summed E-state index contributed by atoms with van der Waals surface area (Å²) in [6, 6.07) is 7.20. The predicted octanol–water partition coefficient (Wildman–Crippen LogP) is 2.39. The molecule has 1 rings (SSSR count). The van der Waals surface area contributed by atoms with Gasteiger partial charge in [-0.3, -0.25) is 0 Å². The van der Waals surface area contributed by atoms with E-state index in [9.17, 15) is 4.79 Å². The summed E-state index contributed by atoms with van der Waals surface area (Å²) in [4.78, 5) is 11.4. The fraction of sp³-hybridized carbons (Fsp3) is 0.357. The normalized spacial score (nSPS) is 10.1. The molecule has 0 aliphatic heterocycles. The number of methoxy groups -OCH3 is 1. The van der Waals surface area contributed by atoms with Crippen LogP contribution in [0.2, 0.25) is 0 Å². The molecular formula is C14H16O3. The number of benzene rings is 1. The molecular weight excluding hydrogens is 216 g/mol. The van der Waals surface area contributed by atoms with Crippen LogP contribution in [0.5, 0.6) is 5.75 Å². The van der Waals surface area contributed by atoms with Crippen LogP contribution in [0.1, 0.15) is 26.3 Å². The van der Waals surface area contributed by atoms with E-state index in [0.29, 0.717) is 5.75 Å². The summed E-state index contributed by atoms with van der Waals surface area (Å²) in [5, 5.41) is 0. The first kappa shape index (κ1) is 13.1. The Morgan fingerprint density at radius 3 is 2.59 bits per heavy atom. The van der Waals surface area contributed by atoms with Crippen LogP contribution in [0.4, 0.5) is 0 Å². The number of carbonyl (C=O) groups excluding carboxylic acids is 1. The van der Waals surface area contributed by atoms with Gasteiger partial charge in [0.25, 0.3) is 0 Å². The zero-order valence-corrected chi connectivity index (χ0v) is 10.5. The first-order valence-electron chi connectivity index (χ1n) is 5.30. The fourth-order valence-corrected chi connectivity index (χ4v) is 1.13. The van der Waals surface area contributed by atoms with Gasteiger partial charge in [-0.05, 0) is 39.0 Å². The summed E-state index contributed by atoms with van der Waals surface area (Å²) < 4.78 is 10.1. The third-order valence-corrected chi connectivity index (χ3v) is 1.78. The molecule has 3 heteroatoms. The van der Waals surface area contributed by atoms with Crippen molar-refractivity contribution in [3.05, 3.63) is 29.8 Å². The molecule has 3 nitrogen and oxygen atoms in total. The Labute approximate surface area is 102 Å². The van der Waals surface area contributed by atoms with Crippen molar-refractivity contribution in [2.45, 2.75) is 26.4 Å². The molecule has 0 atom stereocenters. The van der Waals surface area contributed by atoms with Crippen LogP contribution >= 0.6 is 0 Å². The molecule has 0 fully saturated rings. The Morgan fingerprint density at radius 2 is 2.00 bits per heavy atom. The van der Waals surface area contributed by atoms with Gasteiger partial charge in [-0.1, -0.05) is 12.0 Å². The van der Waals surface area contributed by atoms with E-state index in [1.54, 1.807) is 40.0 Å². The molecule has 0 radical (unpaired) electrons. The Hall–Kier alpha value is -1.95. The lowest BCUT2D eigenvalue weighted by molar-refractivity contribution is -0.147. The predicted molar refractivity (Wildman–Crippen MR) is 65.7 cm³/mol. The SMILES string of the molecule is COc1cccc(C#CC(=O)OC(C)(C)C)c1. The number of hydrogen-bond acceptors (Lipinski definition) is 3. The molecule has 0 saturated carbocycles. The zero-order chi connectivity index (χ0) is 12.9. The molecule has 0 saturated heterocycles. The molecule has 0 aliphatic rings. The lowest BCUT2D eigenvalue weighted by Gasteiger charge is -2.16. The summed E-state index contributed by atoms with van der Waals surface area (Å²) in [5.41, 5.74) is 0.204. The van der Waals surface area contributed by atoms with Crippen LogP contribution in [0.15, 0.2) is 24.3 Å². The van der Waals surface area contributed by atoms with Crippen LogP contribution in [0, 0.1) is 11.8 Å². The Morgan fingerprint density at radius 1 is 1.29 bits per heavy atom. The maximum atomic E-state index is 11.4. The van der Waals surface area contributed by atoms with Crippen molar-refractivity contribution in [2.75, 3.05) is 7.11 Å². The van der Waals surface area contributed by atoms with Crippen molar-refractivity contribution in [1.82, 2.24) is 0 Å². The van der Waals surface area contributed by atoms with Crippen molar-refractivity contribution >= 4 is 5.97 Å². The van der Waals surface area contributed by atoms with Gasteiger partial charge in [0.2, 0.25) is 0 Å². The second-order valence-corrected chi connectivity index (χ2v) is 4.48. The topological polar surface area (TPSA) is 35.5 Å². The Bertz CT molecular complexity index is 458. The Balaban J connectivity index is 2.74. The standard InChI is InChI=1S/C14H16O3/c1-14(2,3)17-13(15)9-8-11-6-5-7-12(10-11)16-4/h5-7,10H,1-4H3.